The van der Waals surface area contributed by atoms with E-state index in [0.29, 0.717) is 0 Å². The number of amides is 1. The van der Waals surface area contributed by atoms with E-state index in [2.05, 4.69) is 10.2 Å². The Hall–Kier alpha value is -0.610. The van der Waals surface area contributed by atoms with Crippen molar-refractivity contribution in [3.63, 3.8) is 0 Å². The van der Waals surface area contributed by atoms with Gasteiger partial charge in [-0.3, -0.25) is 9.69 Å². The van der Waals surface area contributed by atoms with Gasteiger partial charge in [0.15, 0.2) is 0 Å². The molecule has 120 valence electrons. The first-order valence-corrected chi connectivity index (χ1v) is 8.98. The Kier molecular flexibility index (Phi) is 4.85. The van der Waals surface area contributed by atoms with Crippen LogP contribution in [0.4, 0.5) is 0 Å². The van der Waals surface area contributed by atoms with Gasteiger partial charge in [0.2, 0.25) is 5.91 Å². The quantitative estimate of drug-likeness (QED) is 0.834. The van der Waals surface area contributed by atoms with Gasteiger partial charge in [0.25, 0.3) is 0 Å². The fourth-order valence-corrected chi connectivity index (χ4v) is 4.69. The Labute approximate surface area is 128 Å². The second-order valence-corrected chi connectivity index (χ2v) is 7.47. The molecular weight excluding hydrogens is 262 g/mol. The highest BCUT2D eigenvalue weighted by Crippen LogP contribution is 2.37. The molecule has 3 N–H and O–H groups in total. The Morgan fingerprint density at radius 1 is 1.10 bits per heavy atom. The van der Waals surface area contributed by atoms with E-state index in [9.17, 15) is 4.79 Å². The third-order valence-corrected chi connectivity index (χ3v) is 5.99. The molecular formula is C17H31N3O. The maximum absolute atomic E-state index is 12.5. The van der Waals surface area contributed by atoms with Crippen LogP contribution in [0, 0.1) is 5.92 Å². The van der Waals surface area contributed by atoms with Crippen molar-refractivity contribution in [3.05, 3.63) is 0 Å². The van der Waals surface area contributed by atoms with Crippen LogP contribution in [0.5, 0.6) is 0 Å². The summed E-state index contributed by atoms with van der Waals surface area (Å²) in [5, 5.41) is 3.30. The second-order valence-electron chi connectivity index (χ2n) is 7.47. The van der Waals surface area contributed by atoms with E-state index >= 15 is 0 Å². The van der Waals surface area contributed by atoms with E-state index in [1.165, 1.54) is 51.6 Å². The molecule has 0 bridgehead atoms. The van der Waals surface area contributed by atoms with E-state index in [1.54, 1.807) is 0 Å². The Morgan fingerprint density at radius 3 is 2.48 bits per heavy atom. The number of rotatable bonds is 4. The number of hydrogen-bond acceptors (Lipinski definition) is 3. The highest BCUT2D eigenvalue weighted by atomic mass is 16.1. The van der Waals surface area contributed by atoms with Crippen LogP contribution in [0.2, 0.25) is 0 Å². The molecule has 3 rings (SSSR count). The second kappa shape index (κ2) is 6.66. The van der Waals surface area contributed by atoms with Crippen LogP contribution >= 0.6 is 0 Å². The minimum absolute atomic E-state index is 0.158. The predicted molar refractivity (Wildman–Crippen MR) is 84.9 cm³/mol. The number of hydrogen-bond donors (Lipinski definition) is 2. The highest BCUT2D eigenvalue weighted by molar-refractivity contribution is 5.78. The molecule has 1 amide bonds. The predicted octanol–water partition coefficient (Wildman–Crippen LogP) is 2.03. The molecule has 3 aliphatic rings. The molecule has 0 radical (unpaired) electrons. The van der Waals surface area contributed by atoms with Crippen molar-refractivity contribution in [2.75, 3.05) is 19.6 Å². The lowest BCUT2D eigenvalue weighted by molar-refractivity contribution is -0.126. The van der Waals surface area contributed by atoms with Crippen LogP contribution in [0.1, 0.15) is 64.2 Å². The molecule has 0 aromatic carbocycles. The molecule has 1 heterocycles. The molecule has 2 atom stereocenters. The van der Waals surface area contributed by atoms with E-state index in [4.69, 9.17) is 5.73 Å². The Balaban J connectivity index is 1.55. The largest absolute Gasteiger partial charge is 0.354 e. The molecule has 0 aromatic rings. The van der Waals surface area contributed by atoms with E-state index in [0.717, 1.165) is 32.2 Å². The maximum atomic E-state index is 12.5. The van der Waals surface area contributed by atoms with Gasteiger partial charge in [0.1, 0.15) is 0 Å². The number of nitrogens with zero attached hydrogens (tertiary/aromatic N) is 1. The molecule has 2 aliphatic carbocycles. The molecule has 0 aromatic heterocycles. The zero-order valence-electron chi connectivity index (χ0n) is 13.3. The van der Waals surface area contributed by atoms with Crippen LogP contribution in [-0.2, 0) is 4.79 Å². The third kappa shape index (κ3) is 3.42. The fraction of sp³-hybridized carbons (Fsp3) is 0.941. The Bertz CT molecular complexity index is 359. The summed E-state index contributed by atoms with van der Waals surface area (Å²) >= 11 is 0. The van der Waals surface area contributed by atoms with Gasteiger partial charge in [-0.05, 0) is 58.0 Å². The normalized spacial score (nSPS) is 33.2. The first-order chi connectivity index (χ1) is 10.2. The smallest absolute Gasteiger partial charge is 0.223 e. The van der Waals surface area contributed by atoms with Crippen molar-refractivity contribution in [2.24, 2.45) is 11.7 Å². The molecule has 21 heavy (non-hydrogen) atoms. The summed E-state index contributed by atoms with van der Waals surface area (Å²) in [7, 11) is 0. The lowest BCUT2D eigenvalue weighted by Crippen LogP contribution is -2.54. The summed E-state index contributed by atoms with van der Waals surface area (Å²) in [6.07, 6.45) is 11.9. The number of carbonyl (C=O) groups excluding carboxylic acids is 1. The summed E-state index contributed by atoms with van der Waals surface area (Å²) in [6.45, 7) is 3.31. The SMILES string of the molecule is N[C@H]1CCC[C@@H](C(=O)NCC2(N3CCCC3)CCCC2)C1. The van der Waals surface area contributed by atoms with Gasteiger partial charge in [-0.2, -0.15) is 0 Å². The topological polar surface area (TPSA) is 58.4 Å². The molecule has 4 nitrogen and oxygen atoms in total. The minimum Gasteiger partial charge on any atom is -0.354 e. The van der Waals surface area contributed by atoms with Gasteiger partial charge < -0.3 is 11.1 Å². The molecule has 0 unspecified atom stereocenters. The van der Waals surface area contributed by atoms with Crippen LogP contribution < -0.4 is 11.1 Å². The van der Waals surface area contributed by atoms with Gasteiger partial charge in [0.05, 0.1) is 0 Å². The van der Waals surface area contributed by atoms with Gasteiger partial charge in [-0.25, -0.2) is 0 Å². The molecule has 1 saturated heterocycles. The van der Waals surface area contributed by atoms with Crippen molar-refractivity contribution >= 4 is 5.91 Å². The zero-order chi connectivity index (χ0) is 14.7. The van der Waals surface area contributed by atoms with Crippen LogP contribution in [-0.4, -0.2) is 42.0 Å². The average molecular weight is 293 g/mol. The minimum atomic E-state index is 0.158. The maximum Gasteiger partial charge on any atom is 0.223 e. The van der Waals surface area contributed by atoms with Gasteiger partial charge in [-0.1, -0.05) is 19.3 Å². The van der Waals surface area contributed by atoms with Crippen molar-refractivity contribution in [3.8, 4) is 0 Å². The summed E-state index contributed by atoms with van der Waals surface area (Å²) in [5.41, 5.74) is 6.29. The Morgan fingerprint density at radius 2 is 1.81 bits per heavy atom. The fourth-order valence-electron chi connectivity index (χ4n) is 4.69. The number of nitrogens with one attached hydrogen (secondary N) is 1. The van der Waals surface area contributed by atoms with E-state index in [-0.39, 0.29) is 23.4 Å². The summed E-state index contributed by atoms with van der Waals surface area (Å²) in [6, 6.07) is 0.230. The summed E-state index contributed by atoms with van der Waals surface area (Å²) in [5.74, 6) is 0.418. The van der Waals surface area contributed by atoms with E-state index < -0.39 is 0 Å². The van der Waals surface area contributed by atoms with Gasteiger partial charge in [-0.15, -0.1) is 0 Å². The van der Waals surface area contributed by atoms with Crippen molar-refractivity contribution in [2.45, 2.75) is 75.8 Å². The van der Waals surface area contributed by atoms with Crippen LogP contribution in [0.15, 0.2) is 0 Å². The molecule has 1 aliphatic heterocycles. The lowest BCUT2D eigenvalue weighted by atomic mass is 9.85. The lowest BCUT2D eigenvalue weighted by Gasteiger charge is -2.39. The third-order valence-electron chi connectivity index (χ3n) is 5.99. The number of likely N-dealkylation sites (tertiary alicyclic amines) is 1. The van der Waals surface area contributed by atoms with Crippen LogP contribution in [0.3, 0.4) is 0 Å². The van der Waals surface area contributed by atoms with Gasteiger partial charge in [0, 0.05) is 24.0 Å². The van der Waals surface area contributed by atoms with E-state index in [1.807, 2.05) is 0 Å². The first kappa shape index (κ1) is 15.3. The number of carbonyl (C=O) groups is 1. The van der Waals surface area contributed by atoms with Gasteiger partial charge >= 0.3 is 0 Å². The molecule has 0 spiro atoms. The standard InChI is InChI=1S/C17H31N3O/c18-15-7-5-6-14(12-15)16(21)19-13-17(8-1-2-9-17)20-10-3-4-11-20/h14-15H,1-13,18H2,(H,19,21)/t14-,15+/m1/s1. The summed E-state index contributed by atoms with van der Waals surface area (Å²) in [4.78, 5) is 15.1. The zero-order valence-corrected chi connectivity index (χ0v) is 13.3. The molecule has 2 saturated carbocycles. The first-order valence-electron chi connectivity index (χ1n) is 8.98. The van der Waals surface area contributed by atoms with Crippen molar-refractivity contribution in [1.82, 2.24) is 10.2 Å². The van der Waals surface area contributed by atoms with Crippen molar-refractivity contribution in [1.29, 1.82) is 0 Å². The van der Waals surface area contributed by atoms with Crippen LogP contribution in [0.25, 0.3) is 0 Å². The number of nitrogens with two attached hydrogens (primary N) is 1. The molecule has 3 fully saturated rings. The monoisotopic (exact) mass is 293 g/mol. The average Bonchev–Trinajstić information content (AvgIpc) is 3.16. The molecule has 4 heteroatoms. The summed E-state index contributed by atoms with van der Waals surface area (Å²) < 4.78 is 0. The highest BCUT2D eigenvalue weighted by Gasteiger charge is 2.41. The van der Waals surface area contributed by atoms with Crippen molar-refractivity contribution < 1.29 is 4.79 Å².